The third-order valence-corrected chi connectivity index (χ3v) is 4.82. The number of carbonyl (C=O) groups excluding carboxylic acids is 1. The van der Waals surface area contributed by atoms with Gasteiger partial charge in [0.05, 0.1) is 12.1 Å². The number of H-pyrrole nitrogens is 1. The number of thiazole rings is 1. The van der Waals surface area contributed by atoms with Gasteiger partial charge in [0.2, 0.25) is 5.91 Å². The summed E-state index contributed by atoms with van der Waals surface area (Å²) in [5.74, 6) is 0.498. The lowest BCUT2D eigenvalue weighted by molar-refractivity contribution is -0.115. The summed E-state index contributed by atoms with van der Waals surface area (Å²) in [6, 6.07) is 13.3. The van der Waals surface area contributed by atoms with Gasteiger partial charge in [-0.25, -0.2) is 14.4 Å². The molecule has 0 saturated carbocycles. The zero-order chi connectivity index (χ0) is 20.1. The molecular weight excluding hydrogens is 393 g/mol. The van der Waals surface area contributed by atoms with Crippen LogP contribution in [0.2, 0.25) is 0 Å². The van der Waals surface area contributed by atoms with Crippen LogP contribution in [0.3, 0.4) is 0 Å². The Morgan fingerprint density at radius 3 is 2.93 bits per heavy atom. The molecule has 9 heteroatoms. The van der Waals surface area contributed by atoms with Crippen LogP contribution < -0.4 is 10.1 Å². The van der Waals surface area contributed by atoms with Crippen molar-refractivity contribution < 1.29 is 13.9 Å². The maximum Gasteiger partial charge on any atom is 0.230 e. The molecule has 0 bridgehead atoms. The summed E-state index contributed by atoms with van der Waals surface area (Å²) in [6.45, 7) is 0.264. The number of halogens is 1. The van der Waals surface area contributed by atoms with Crippen LogP contribution in [0.5, 0.6) is 5.75 Å². The molecule has 0 spiro atoms. The molecule has 0 aliphatic carbocycles. The van der Waals surface area contributed by atoms with Crippen LogP contribution in [0.4, 0.5) is 10.1 Å². The van der Waals surface area contributed by atoms with Crippen molar-refractivity contribution in [3.8, 4) is 16.6 Å². The van der Waals surface area contributed by atoms with Crippen LogP contribution in [0, 0.1) is 5.82 Å². The summed E-state index contributed by atoms with van der Waals surface area (Å²) in [5, 5.41) is 11.9. The summed E-state index contributed by atoms with van der Waals surface area (Å²) in [7, 11) is 0. The van der Waals surface area contributed by atoms with Crippen LogP contribution >= 0.6 is 11.3 Å². The molecule has 0 unspecified atom stereocenters. The zero-order valence-corrected chi connectivity index (χ0v) is 15.9. The molecule has 2 heterocycles. The molecule has 2 aromatic carbocycles. The number of hydrogen-bond acceptors (Lipinski definition) is 6. The summed E-state index contributed by atoms with van der Waals surface area (Å²) in [5.41, 5.74) is 2.17. The van der Waals surface area contributed by atoms with E-state index in [1.54, 1.807) is 18.2 Å². The molecule has 0 atom stereocenters. The topological polar surface area (TPSA) is 92.8 Å². The number of rotatable bonds is 7. The quantitative estimate of drug-likeness (QED) is 0.484. The average Bonchev–Trinajstić information content (AvgIpc) is 3.38. The molecule has 2 N–H and O–H groups in total. The molecule has 146 valence electrons. The van der Waals surface area contributed by atoms with Crippen LogP contribution in [0.15, 0.2) is 60.2 Å². The second-order valence-electron chi connectivity index (χ2n) is 6.15. The Morgan fingerprint density at radius 2 is 2.10 bits per heavy atom. The van der Waals surface area contributed by atoms with Gasteiger partial charge in [-0.2, -0.15) is 5.10 Å². The van der Waals surface area contributed by atoms with E-state index >= 15 is 0 Å². The Labute approximate surface area is 169 Å². The third-order valence-electron chi connectivity index (χ3n) is 3.92. The minimum absolute atomic E-state index is 0.147. The van der Waals surface area contributed by atoms with Crippen molar-refractivity contribution in [3.63, 3.8) is 0 Å². The molecule has 4 rings (SSSR count). The second kappa shape index (κ2) is 8.61. The van der Waals surface area contributed by atoms with Crippen LogP contribution in [0.25, 0.3) is 10.8 Å². The lowest BCUT2D eigenvalue weighted by Gasteiger charge is -2.09. The number of hydrogen-bond donors (Lipinski definition) is 2. The Morgan fingerprint density at radius 1 is 1.21 bits per heavy atom. The fourth-order valence-electron chi connectivity index (χ4n) is 2.64. The third kappa shape index (κ3) is 5.02. The average molecular weight is 409 g/mol. The largest absolute Gasteiger partial charge is 0.489 e. The van der Waals surface area contributed by atoms with E-state index in [-0.39, 0.29) is 24.8 Å². The standard InChI is InChI=1S/C20H16FN5O2S/c21-14-4-2-6-17(8-14)28-10-13-3-1-5-15(7-13)24-18(27)9-16-11-29-20(25-16)19-22-12-23-26-19/h1-8,11-12H,9-10H2,(H,24,27)(H,22,23,26). The van der Waals surface area contributed by atoms with E-state index in [2.05, 4.69) is 25.5 Å². The minimum Gasteiger partial charge on any atom is -0.489 e. The predicted molar refractivity (Wildman–Crippen MR) is 107 cm³/mol. The van der Waals surface area contributed by atoms with E-state index in [1.165, 1.54) is 29.8 Å². The second-order valence-corrected chi connectivity index (χ2v) is 7.01. The van der Waals surface area contributed by atoms with E-state index < -0.39 is 0 Å². The fraction of sp³-hybridized carbons (Fsp3) is 0.100. The Balaban J connectivity index is 1.34. The molecule has 2 aromatic heterocycles. The van der Waals surface area contributed by atoms with E-state index in [0.717, 1.165) is 5.56 Å². The number of anilines is 1. The lowest BCUT2D eigenvalue weighted by Crippen LogP contribution is -2.14. The van der Waals surface area contributed by atoms with Gasteiger partial charge in [0.25, 0.3) is 0 Å². The summed E-state index contributed by atoms with van der Waals surface area (Å²) < 4.78 is 18.8. The highest BCUT2D eigenvalue weighted by atomic mass is 32.1. The van der Waals surface area contributed by atoms with E-state index in [1.807, 2.05) is 23.6 Å². The SMILES string of the molecule is O=C(Cc1csc(-c2ncn[nH]2)n1)Nc1cccc(COc2cccc(F)c2)c1. The molecule has 0 aliphatic rings. The first-order chi connectivity index (χ1) is 14.2. The van der Waals surface area contributed by atoms with Gasteiger partial charge in [-0.1, -0.05) is 18.2 Å². The highest BCUT2D eigenvalue weighted by Crippen LogP contribution is 2.20. The molecule has 0 radical (unpaired) electrons. The molecule has 1 amide bonds. The van der Waals surface area contributed by atoms with Crippen molar-refractivity contribution in [2.75, 3.05) is 5.32 Å². The van der Waals surface area contributed by atoms with Gasteiger partial charge >= 0.3 is 0 Å². The lowest BCUT2D eigenvalue weighted by atomic mass is 10.2. The van der Waals surface area contributed by atoms with Crippen molar-refractivity contribution in [2.45, 2.75) is 13.0 Å². The molecule has 4 aromatic rings. The maximum atomic E-state index is 13.2. The summed E-state index contributed by atoms with van der Waals surface area (Å²) >= 11 is 1.40. The van der Waals surface area contributed by atoms with Gasteiger partial charge in [0.1, 0.15) is 24.5 Å². The van der Waals surface area contributed by atoms with Gasteiger partial charge in [-0.15, -0.1) is 11.3 Å². The Hall–Kier alpha value is -3.59. The van der Waals surface area contributed by atoms with Crippen LogP contribution in [0.1, 0.15) is 11.3 Å². The molecule has 0 fully saturated rings. The van der Waals surface area contributed by atoms with Crippen molar-refractivity contribution in [3.05, 3.63) is 77.3 Å². The van der Waals surface area contributed by atoms with E-state index in [4.69, 9.17) is 4.74 Å². The van der Waals surface area contributed by atoms with Crippen LogP contribution in [-0.2, 0) is 17.8 Å². The Kier molecular flexibility index (Phi) is 5.57. The normalized spacial score (nSPS) is 10.7. The number of aromatic amines is 1. The monoisotopic (exact) mass is 409 g/mol. The Bertz CT molecular complexity index is 1110. The predicted octanol–water partition coefficient (Wildman–Crippen LogP) is 3.83. The number of nitrogens with zero attached hydrogens (tertiary/aromatic N) is 3. The van der Waals surface area contributed by atoms with Gasteiger partial charge in [-0.05, 0) is 29.8 Å². The first-order valence-electron chi connectivity index (χ1n) is 8.73. The van der Waals surface area contributed by atoms with Gasteiger partial charge in [0.15, 0.2) is 10.8 Å². The van der Waals surface area contributed by atoms with Crippen molar-refractivity contribution in [2.24, 2.45) is 0 Å². The number of ether oxygens (including phenoxy) is 1. The molecule has 7 nitrogen and oxygen atoms in total. The van der Waals surface area contributed by atoms with Gasteiger partial charge in [0, 0.05) is 17.1 Å². The summed E-state index contributed by atoms with van der Waals surface area (Å²) in [4.78, 5) is 20.8. The first-order valence-corrected chi connectivity index (χ1v) is 9.61. The van der Waals surface area contributed by atoms with Crippen molar-refractivity contribution >= 4 is 22.9 Å². The minimum atomic E-state index is -0.350. The molecular formula is C20H16FN5O2S. The van der Waals surface area contributed by atoms with Crippen molar-refractivity contribution in [1.82, 2.24) is 20.2 Å². The number of aromatic nitrogens is 4. The number of benzene rings is 2. The number of carbonyl (C=O) groups is 1. The maximum absolute atomic E-state index is 13.2. The van der Waals surface area contributed by atoms with Gasteiger partial charge in [-0.3, -0.25) is 9.89 Å². The van der Waals surface area contributed by atoms with E-state index in [9.17, 15) is 9.18 Å². The molecule has 0 saturated heterocycles. The van der Waals surface area contributed by atoms with Crippen LogP contribution in [-0.4, -0.2) is 26.1 Å². The zero-order valence-electron chi connectivity index (χ0n) is 15.1. The highest BCUT2D eigenvalue weighted by Gasteiger charge is 2.11. The molecule has 0 aliphatic heterocycles. The number of nitrogens with one attached hydrogen (secondary N) is 2. The van der Waals surface area contributed by atoms with Crippen molar-refractivity contribution in [1.29, 1.82) is 0 Å². The van der Waals surface area contributed by atoms with E-state index in [0.29, 0.717) is 28.0 Å². The highest BCUT2D eigenvalue weighted by molar-refractivity contribution is 7.13. The molecule has 29 heavy (non-hydrogen) atoms. The first kappa shape index (κ1) is 18.8. The smallest absolute Gasteiger partial charge is 0.230 e. The summed E-state index contributed by atoms with van der Waals surface area (Å²) in [6.07, 6.45) is 1.56. The fourth-order valence-corrected chi connectivity index (χ4v) is 3.40. The number of amides is 1. The van der Waals surface area contributed by atoms with Gasteiger partial charge < -0.3 is 10.1 Å².